The van der Waals surface area contributed by atoms with Gasteiger partial charge in [-0.1, -0.05) is 182 Å². The van der Waals surface area contributed by atoms with Crippen molar-refractivity contribution in [3.63, 3.8) is 0 Å². The number of benzene rings is 7. The molecule has 56 heavy (non-hydrogen) atoms. The molecule has 0 saturated heterocycles. The number of fused-ring (bicyclic) bond motifs is 1. The van der Waals surface area contributed by atoms with Crippen LogP contribution in [0.5, 0.6) is 0 Å². The number of hydrogen-bond donors (Lipinski definition) is 0. The second-order valence-electron chi connectivity index (χ2n) is 14.2. The first-order chi connectivity index (χ1) is 27.7. The first kappa shape index (κ1) is 33.3. The van der Waals surface area contributed by atoms with Gasteiger partial charge in [-0.3, -0.25) is 4.90 Å². The Balaban J connectivity index is 0.896. The third kappa shape index (κ3) is 6.50. The first-order valence-electron chi connectivity index (χ1n) is 19.1. The summed E-state index contributed by atoms with van der Waals surface area (Å²) in [5, 5.41) is 2.46. The maximum atomic E-state index is 5.12. The zero-order valence-electron chi connectivity index (χ0n) is 30.7. The summed E-state index contributed by atoms with van der Waals surface area (Å²) in [5.41, 5.74) is 10.0. The Hall–Kier alpha value is -7.24. The van der Waals surface area contributed by atoms with Gasteiger partial charge in [0.1, 0.15) is 5.84 Å². The van der Waals surface area contributed by atoms with Crippen LogP contribution >= 0.6 is 0 Å². The molecule has 5 nitrogen and oxygen atoms in total. The Morgan fingerprint density at radius 1 is 0.446 bits per heavy atom. The van der Waals surface area contributed by atoms with E-state index in [-0.39, 0.29) is 6.17 Å². The van der Waals surface area contributed by atoms with Gasteiger partial charge < -0.3 is 0 Å². The number of allylic oxidation sites excluding steroid dienone is 2. The Morgan fingerprint density at radius 3 is 1.55 bits per heavy atom. The summed E-state index contributed by atoms with van der Waals surface area (Å²) in [5.74, 6) is 3.28. The minimum absolute atomic E-state index is 0.0303. The lowest BCUT2D eigenvalue weighted by molar-refractivity contribution is 0.724. The molecule has 10 rings (SSSR count). The van der Waals surface area contributed by atoms with Crippen LogP contribution in [0.25, 0.3) is 56.1 Å². The summed E-state index contributed by atoms with van der Waals surface area (Å²) < 4.78 is 0. The second kappa shape index (κ2) is 14.5. The minimum atomic E-state index is -0.0303. The van der Waals surface area contributed by atoms with Crippen molar-refractivity contribution >= 4 is 22.3 Å². The van der Waals surface area contributed by atoms with E-state index in [1.165, 1.54) is 27.5 Å². The SMILES string of the molecule is C1=CC(c2ccc3ccc(-c4ccc(-c5nc(-c6ccccc6)nc(-c6ccccc6)n5)cc4)cc3c2)CC=C1C1N=C(c2ccccc2)N1c1ccccc1. The molecule has 1 aliphatic carbocycles. The van der Waals surface area contributed by atoms with E-state index < -0.39 is 0 Å². The van der Waals surface area contributed by atoms with Crippen LogP contribution in [0.15, 0.2) is 211 Å². The van der Waals surface area contributed by atoms with Crippen LogP contribution in [-0.4, -0.2) is 27.0 Å². The molecule has 1 aromatic heterocycles. The van der Waals surface area contributed by atoms with Crippen LogP contribution in [0.1, 0.15) is 23.5 Å². The monoisotopic (exact) mass is 719 g/mol. The normalized spacial score (nSPS) is 16.2. The van der Waals surface area contributed by atoms with Gasteiger partial charge in [0.2, 0.25) is 0 Å². The van der Waals surface area contributed by atoms with E-state index in [0.29, 0.717) is 23.4 Å². The minimum Gasteiger partial charge on any atom is -0.299 e. The number of anilines is 1. The molecule has 2 atom stereocenters. The van der Waals surface area contributed by atoms with E-state index in [9.17, 15) is 0 Å². The average Bonchev–Trinajstić information content (AvgIpc) is 3.27. The van der Waals surface area contributed by atoms with E-state index >= 15 is 0 Å². The van der Waals surface area contributed by atoms with Crippen molar-refractivity contribution in [1.29, 1.82) is 0 Å². The van der Waals surface area contributed by atoms with Crippen LogP contribution in [0.4, 0.5) is 5.69 Å². The van der Waals surface area contributed by atoms with Crippen LogP contribution in [0.3, 0.4) is 0 Å². The smallest absolute Gasteiger partial charge is 0.164 e. The van der Waals surface area contributed by atoms with Crippen molar-refractivity contribution in [2.24, 2.45) is 4.99 Å². The summed E-state index contributed by atoms with van der Waals surface area (Å²) >= 11 is 0. The fraction of sp³-hybridized carbons (Fsp3) is 0.0588. The molecular weight excluding hydrogens is 683 g/mol. The molecule has 0 bridgehead atoms. The molecule has 2 heterocycles. The van der Waals surface area contributed by atoms with Gasteiger partial charge in [-0.15, -0.1) is 0 Å². The molecule has 7 aromatic carbocycles. The zero-order valence-corrected chi connectivity index (χ0v) is 30.7. The quantitative estimate of drug-likeness (QED) is 0.157. The Bertz CT molecular complexity index is 2700. The Morgan fingerprint density at radius 2 is 0.964 bits per heavy atom. The maximum Gasteiger partial charge on any atom is 0.164 e. The average molecular weight is 720 g/mol. The topological polar surface area (TPSA) is 54.3 Å². The van der Waals surface area contributed by atoms with Gasteiger partial charge in [-0.2, -0.15) is 0 Å². The largest absolute Gasteiger partial charge is 0.299 e. The van der Waals surface area contributed by atoms with Gasteiger partial charge in [0.05, 0.1) is 0 Å². The van der Waals surface area contributed by atoms with Gasteiger partial charge in [0, 0.05) is 33.9 Å². The Labute approximate surface area is 326 Å². The third-order valence-corrected chi connectivity index (χ3v) is 10.7. The summed E-state index contributed by atoms with van der Waals surface area (Å²) in [6, 6.07) is 63.4. The summed E-state index contributed by atoms with van der Waals surface area (Å²) in [6.07, 6.45) is 7.91. The number of aromatic nitrogens is 3. The predicted octanol–water partition coefficient (Wildman–Crippen LogP) is 12.0. The molecule has 8 aromatic rings. The Kier molecular flexibility index (Phi) is 8.65. The highest BCUT2D eigenvalue weighted by molar-refractivity contribution is 6.14. The second-order valence-corrected chi connectivity index (χ2v) is 14.2. The summed E-state index contributed by atoms with van der Waals surface area (Å²) in [7, 11) is 0. The zero-order chi connectivity index (χ0) is 37.3. The van der Waals surface area contributed by atoms with Crippen molar-refractivity contribution in [2.45, 2.75) is 18.5 Å². The molecule has 0 saturated carbocycles. The van der Waals surface area contributed by atoms with E-state index in [1.807, 2.05) is 66.7 Å². The van der Waals surface area contributed by atoms with Gasteiger partial charge in [0.25, 0.3) is 0 Å². The predicted molar refractivity (Wildman–Crippen MR) is 229 cm³/mol. The summed E-state index contributed by atoms with van der Waals surface area (Å²) in [6.45, 7) is 0. The third-order valence-electron chi connectivity index (χ3n) is 10.7. The fourth-order valence-corrected chi connectivity index (χ4v) is 7.67. The van der Waals surface area contributed by atoms with E-state index in [4.69, 9.17) is 19.9 Å². The highest BCUT2D eigenvalue weighted by Gasteiger charge is 2.35. The number of aliphatic imine (C=N–C) groups is 1. The standard InChI is InChI=1S/C51H37N5/c1-5-13-38(14-6-1)47-52-48(39-15-7-2-8-16-39)54-49(53-47)40-27-21-35(22-28-40)43-31-25-37-26-32-44(34-45(37)33-43)36-23-29-42(30-24-36)51-55-50(41-17-9-3-10-18-41)56(51)46-19-11-4-12-20-46/h1-23,25-34,36,51H,24H2. The molecule has 0 amide bonds. The first-order valence-corrected chi connectivity index (χ1v) is 19.1. The lowest BCUT2D eigenvalue weighted by Gasteiger charge is -2.41. The maximum absolute atomic E-state index is 5.12. The van der Waals surface area contributed by atoms with E-state index in [2.05, 4.69) is 138 Å². The lowest BCUT2D eigenvalue weighted by atomic mass is 9.87. The molecule has 1 aliphatic heterocycles. The van der Waals surface area contributed by atoms with Gasteiger partial charge in [-0.25, -0.2) is 19.9 Å². The van der Waals surface area contributed by atoms with Crippen molar-refractivity contribution in [3.05, 3.63) is 217 Å². The molecule has 0 spiro atoms. The number of hydrogen-bond acceptors (Lipinski definition) is 5. The van der Waals surface area contributed by atoms with Crippen molar-refractivity contribution < 1.29 is 0 Å². The fourth-order valence-electron chi connectivity index (χ4n) is 7.67. The van der Waals surface area contributed by atoms with Crippen LogP contribution < -0.4 is 4.90 Å². The molecule has 266 valence electrons. The molecule has 2 unspecified atom stereocenters. The molecule has 5 heteroatoms. The molecule has 0 fully saturated rings. The van der Waals surface area contributed by atoms with Gasteiger partial charge >= 0.3 is 0 Å². The highest BCUT2D eigenvalue weighted by Crippen LogP contribution is 2.37. The molecule has 0 radical (unpaired) electrons. The number of amidine groups is 1. The van der Waals surface area contributed by atoms with Crippen molar-refractivity contribution in [2.75, 3.05) is 4.90 Å². The van der Waals surface area contributed by atoms with E-state index in [1.54, 1.807) is 0 Å². The van der Waals surface area contributed by atoms with Gasteiger partial charge in [0.15, 0.2) is 23.6 Å². The number of para-hydroxylation sites is 1. The lowest BCUT2D eigenvalue weighted by Crippen LogP contribution is -2.50. The van der Waals surface area contributed by atoms with Gasteiger partial charge in [-0.05, 0) is 57.7 Å². The summed E-state index contributed by atoms with van der Waals surface area (Å²) in [4.78, 5) is 22.1. The van der Waals surface area contributed by atoms with Crippen molar-refractivity contribution in [3.8, 4) is 45.3 Å². The van der Waals surface area contributed by atoms with E-state index in [0.717, 1.165) is 45.8 Å². The molecular formula is C51H37N5. The van der Waals surface area contributed by atoms with Crippen LogP contribution in [0.2, 0.25) is 0 Å². The number of rotatable bonds is 8. The number of nitrogens with zero attached hydrogens (tertiary/aromatic N) is 5. The highest BCUT2D eigenvalue weighted by atomic mass is 15.4. The molecule has 2 aliphatic rings. The molecule has 0 N–H and O–H groups in total. The van der Waals surface area contributed by atoms with Crippen LogP contribution in [0, 0.1) is 0 Å². The van der Waals surface area contributed by atoms with Crippen LogP contribution in [-0.2, 0) is 0 Å². The van der Waals surface area contributed by atoms with Crippen molar-refractivity contribution in [1.82, 2.24) is 15.0 Å².